The average Bonchev–Trinajstić information content (AvgIpc) is 2.96. The maximum Gasteiger partial charge on any atom is 0.230 e. The number of nitrogens with one attached hydrogen (secondary N) is 1. The van der Waals surface area contributed by atoms with Gasteiger partial charge in [-0.15, -0.1) is 0 Å². The molecule has 3 rings (SSSR count). The zero-order valence-corrected chi connectivity index (χ0v) is 14.4. The topological polar surface area (TPSA) is 77.2 Å². The van der Waals surface area contributed by atoms with Crippen molar-refractivity contribution in [2.45, 2.75) is 20.3 Å². The number of carbonyl (C=O) groups excluding carboxylic acids is 1. The molecule has 0 saturated carbocycles. The van der Waals surface area contributed by atoms with Gasteiger partial charge in [-0.25, -0.2) is 4.98 Å². The molecule has 0 radical (unpaired) electrons. The van der Waals surface area contributed by atoms with Crippen LogP contribution in [0.3, 0.4) is 0 Å². The van der Waals surface area contributed by atoms with Crippen LogP contribution in [-0.4, -0.2) is 23.0 Å². The number of pyridine rings is 1. The zero-order valence-electron chi connectivity index (χ0n) is 14.4. The molecule has 1 amide bonds. The van der Waals surface area contributed by atoms with E-state index in [1.54, 1.807) is 26.4 Å². The minimum atomic E-state index is -0.182. The third-order valence-corrected chi connectivity index (χ3v) is 3.76. The number of ether oxygens (including phenoxy) is 1. The van der Waals surface area contributed by atoms with Gasteiger partial charge in [-0.3, -0.25) is 9.78 Å². The largest absolute Gasteiger partial charge is 0.495 e. The van der Waals surface area contributed by atoms with Crippen LogP contribution >= 0.6 is 0 Å². The number of aryl methyl sites for hydroxylation is 2. The predicted molar refractivity (Wildman–Crippen MR) is 94.5 cm³/mol. The fraction of sp³-hybridized carbons (Fsp3) is 0.211. The Bertz CT molecular complexity index is 888. The van der Waals surface area contributed by atoms with Gasteiger partial charge in [0.2, 0.25) is 11.8 Å². The number of anilines is 1. The standard InChI is InChI=1S/C19H19N3O3/c1-12-6-7-17(24-3)16(9-12)21-18(23)10-15-13(2)25-19(22-15)14-5-4-8-20-11-14/h4-9,11H,10H2,1-3H3,(H,21,23). The van der Waals surface area contributed by atoms with Crippen molar-refractivity contribution in [1.82, 2.24) is 9.97 Å². The van der Waals surface area contributed by atoms with Gasteiger partial charge in [0.25, 0.3) is 0 Å². The van der Waals surface area contributed by atoms with Crippen molar-refractivity contribution in [1.29, 1.82) is 0 Å². The number of benzene rings is 1. The summed E-state index contributed by atoms with van der Waals surface area (Å²) in [5.41, 5.74) is 3.05. The summed E-state index contributed by atoms with van der Waals surface area (Å²) in [5.74, 6) is 1.51. The van der Waals surface area contributed by atoms with Crippen molar-refractivity contribution in [3.05, 3.63) is 59.7 Å². The van der Waals surface area contributed by atoms with E-state index in [4.69, 9.17) is 9.15 Å². The van der Waals surface area contributed by atoms with E-state index < -0.39 is 0 Å². The molecule has 3 aromatic rings. The van der Waals surface area contributed by atoms with Crippen molar-refractivity contribution in [3.8, 4) is 17.2 Å². The van der Waals surface area contributed by atoms with E-state index in [2.05, 4.69) is 15.3 Å². The molecule has 0 atom stereocenters. The van der Waals surface area contributed by atoms with Gasteiger partial charge in [0.15, 0.2) is 0 Å². The Morgan fingerprint density at radius 2 is 2.12 bits per heavy atom. The highest BCUT2D eigenvalue weighted by Crippen LogP contribution is 2.26. The van der Waals surface area contributed by atoms with E-state index in [0.29, 0.717) is 28.8 Å². The lowest BCUT2D eigenvalue weighted by atomic mass is 10.2. The molecule has 6 heteroatoms. The Kier molecular flexibility index (Phi) is 4.79. The summed E-state index contributed by atoms with van der Waals surface area (Å²) >= 11 is 0. The summed E-state index contributed by atoms with van der Waals surface area (Å²) in [6.07, 6.45) is 3.47. The quantitative estimate of drug-likeness (QED) is 0.770. The third kappa shape index (κ3) is 3.85. The van der Waals surface area contributed by atoms with Gasteiger partial charge in [-0.05, 0) is 43.7 Å². The molecule has 0 aliphatic heterocycles. The van der Waals surface area contributed by atoms with Crippen LogP contribution in [0.5, 0.6) is 5.75 Å². The fourth-order valence-electron chi connectivity index (χ4n) is 2.47. The first-order valence-electron chi connectivity index (χ1n) is 7.88. The SMILES string of the molecule is COc1ccc(C)cc1NC(=O)Cc1nc(-c2cccnc2)oc1C. The monoisotopic (exact) mass is 337 g/mol. The van der Waals surface area contributed by atoms with E-state index in [1.165, 1.54) is 0 Å². The van der Waals surface area contributed by atoms with Crippen LogP contribution in [0, 0.1) is 13.8 Å². The molecule has 0 aliphatic rings. The average molecular weight is 337 g/mol. The summed E-state index contributed by atoms with van der Waals surface area (Å²) in [7, 11) is 1.57. The van der Waals surface area contributed by atoms with E-state index in [9.17, 15) is 4.79 Å². The molecule has 0 saturated heterocycles. The third-order valence-electron chi connectivity index (χ3n) is 3.76. The lowest BCUT2D eigenvalue weighted by molar-refractivity contribution is -0.115. The van der Waals surface area contributed by atoms with Crippen LogP contribution in [-0.2, 0) is 11.2 Å². The molecule has 25 heavy (non-hydrogen) atoms. The zero-order chi connectivity index (χ0) is 17.8. The second kappa shape index (κ2) is 7.17. The van der Waals surface area contributed by atoms with Gasteiger partial charge in [-0.1, -0.05) is 6.07 Å². The van der Waals surface area contributed by atoms with E-state index >= 15 is 0 Å². The second-order valence-electron chi connectivity index (χ2n) is 5.69. The Hall–Kier alpha value is -3.15. The van der Waals surface area contributed by atoms with Crippen molar-refractivity contribution in [3.63, 3.8) is 0 Å². The van der Waals surface area contributed by atoms with Crippen LogP contribution in [0.1, 0.15) is 17.0 Å². The van der Waals surface area contributed by atoms with Gasteiger partial charge in [-0.2, -0.15) is 0 Å². The molecule has 2 aromatic heterocycles. The first kappa shape index (κ1) is 16.7. The Morgan fingerprint density at radius 3 is 2.84 bits per heavy atom. The molecule has 0 aliphatic carbocycles. The number of nitrogens with zero attached hydrogens (tertiary/aromatic N) is 2. The molecular weight excluding hydrogens is 318 g/mol. The number of carbonyl (C=O) groups is 1. The van der Waals surface area contributed by atoms with Crippen molar-refractivity contribution < 1.29 is 13.9 Å². The summed E-state index contributed by atoms with van der Waals surface area (Å²) in [6.45, 7) is 3.75. The van der Waals surface area contributed by atoms with E-state index in [-0.39, 0.29) is 12.3 Å². The number of hydrogen-bond acceptors (Lipinski definition) is 5. The Balaban J connectivity index is 1.76. The summed E-state index contributed by atoms with van der Waals surface area (Å²) in [4.78, 5) is 20.9. The van der Waals surface area contributed by atoms with Gasteiger partial charge < -0.3 is 14.5 Å². The Labute approximate surface area is 145 Å². The van der Waals surface area contributed by atoms with Gasteiger partial charge >= 0.3 is 0 Å². The van der Waals surface area contributed by atoms with Crippen LogP contribution in [0.15, 0.2) is 47.1 Å². The van der Waals surface area contributed by atoms with Crippen molar-refractivity contribution in [2.24, 2.45) is 0 Å². The first-order chi connectivity index (χ1) is 12.1. The normalized spacial score (nSPS) is 10.5. The number of hydrogen-bond donors (Lipinski definition) is 1. The van der Waals surface area contributed by atoms with E-state index in [0.717, 1.165) is 11.1 Å². The summed E-state index contributed by atoms with van der Waals surface area (Å²) in [6, 6.07) is 9.29. The molecule has 0 unspecified atom stereocenters. The fourth-order valence-corrected chi connectivity index (χ4v) is 2.47. The minimum absolute atomic E-state index is 0.118. The number of rotatable bonds is 5. The number of aromatic nitrogens is 2. The summed E-state index contributed by atoms with van der Waals surface area (Å²) < 4.78 is 10.9. The van der Waals surface area contributed by atoms with Crippen molar-refractivity contribution in [2.75, 3.05) is 12.4 Å². The predicted octanol–water partition coefficient (Wildman–Crippen LogP) is 3.54. The minimum Gasteiger partial charge on any atom is -0.495 e. The van der Waals surface area contributed by atoms with Crippen LogP contribution in [0.2, 0.25) is 0 Å². The van der Waals surface area contributed by atoms with Gasteiger partial charge in [0, 0.05) is 12.4 Å². The van der Waals surface area contributed by atoms with Gasteiger partial charge in [0.05, 0.1) is 30.5 Å². The van der Waals surface area contributed by atoms with E-state index in [1.807, 2.05) is 37.3 Å². The highest BCUT2D eigenvalue weighted by Gasteiger charge is 2.16. The highest BCUT2D eigenvalue weighted by molar-refractivity contribution is 5.93. The summed E-state index contributed by atoms with van der Waals surface area (Å²) in [5, 5.41) is 2.87. The Morgan fingerprint density at radius 1 is 1.28 bits per heavy atom. The second-order valence-corrected chi connectivity index (χ2v) is 5.69. The lowest BCUT2D eigenvalue weighted by Crippen LogP contribution is -2.15. The smallest absolute Gasteiger partial charge is 0.230 e. The van der Waals surface area contributed by atoms with Crippen molar-refractivity contribution >= 4 is 11.6 Å². The molecule has 0 bridgehead atoms. The maximum absolute atomic E-state index is 12.4. The molecule has 128 valence electrons. The molecule has 1 N–H and O–H groups in total. The van der Waals surface area contributed by atoms with Crippen LogP contribution < -0.4 is 10.1 Å². The lowest BCUT2D eigenvalue weighted by Gasteiger charge is -2.10. The molecular formula is C19H19N3O3. The highest BCUT2D eigenvalue weighted by atomic mass is 16.5. The number of amides is 1. The van der Waals surface area contributed by atoms with Crippen LogP contribution in [0.25, 0.3) is 11.5 Å². The molecule has 0 spiro atoms. The number of oxazole rings is 1. The van der Waals surface area contributed by atoms with Gasteiger partial charge in [0.1, 0.15) is 11.5 Å². The first-order valence-corrected chi connectivity index (χ1v) is 7.88. The molecule has 2 heterocycles. The molecule has 6 nitrogen and oxygen atoms in total. The van der Waals surface area contributed by atoms with Crippen LogP contribution in [0.4, 0.5) is 5.69 Å². The molecule has 0 fully saturated rings. The molecule has 1 aromatic carbocycles. The number of methoxy groups -OCH3 is 1. The maximum atomic E-state index is 12.4.